The summed E-state index contributed by atoms with van der Waals surface area (Å²) >= 11 is 0. The second-order valence-corrected chi connectivity index (χ2v) is 4.51. The Labute approximate surface area is 83.5 Å². The van der Waals surface area contributed by atoms with Crippen LogP contribution in [0.4, 0.5) is 0 Å². The van der Waals surface area contributed by atoms with Gasteiger partial charge in [-0.2, -0.15) is 0 Å². The number of hydrogen-bond acceptors (Lipinski definition) is 4. The van der Waals surface area contributed by atoms with E-state index in [4.69, 9.17) is 9.79 Å². The quantitative estimate of drug-likeness (QED) is 0.290. The Hall–Kier alpha value is 0.0300. The lowest BCUT2D eigenvalue weighted by molar-refractivity contribution is 0.194. The van der Waals surface area contributed by atoms with Crippen LogP contribution in [0.5, 0.6) is 0 Å². The van der Waals surface area contributed by atoms with Crippen LogP contribution in [0, 0.1) is 0 Å². The molecule has 1 fully saturated rings. The molecule has 0 unspecified atom stereocenters. The van der Waals surface area contributed by atoms with Gasteiger partial charge < -0.3 is 15.1 Å². The van der Waals surface area contributed by atoms with Gasteiger partial charge in [0, 0.05) is 26.2 Å². The molecule has 14 heavy (non-hydrogen) atoms. The molecule has 0 aliphatic carbocycles. The molecule has 0 aromatic carbocycles. The zero-order valence-electron chi connectivity index (χ0n) is 8.06. The zero-order valence-corrected chi connectivity index (χ0v) is 8.95. The highest BCUT2D eigenvalue weighted by atomic mass is 31.2. The van der Waals surface area contributed by atoms with Crippen molar-refractivity contribution >= 4 is 7.82 Å². The van der Waals surface area contributed by atoms with Crippen molar-refractivity contribution < 1.29 is 18.9 Å². The molecule has 1 aliphatic heterocycles. The molecular weight excluding hydrogens is 207 g/mol. The first-order valence-corrected chi connectivity index (χ1v) is 6.24. The summed E-state index contributed by atoms with van der Waals surface area (Å²) in [6, 6.07) is 0. The molecule has 0 amide bonds. The van der Waals surface area contributed by atoms with Crippen LogP contribution in [0.25, 0.3) is 0 Å². The van der Waals surface area contributed by atoms with E-state index in [-0.39, 0.29) is 6.61 Å². The van der Waals surface area contributed by atoms with Gasteiger partial charge in [-0.3, -0.25) is 9.42 Å². The predicted octanol–water partition coefficient (Wildman–Crippen LogP) is -0.609. The standard InChI is InChI=1S/C7H17N2O4P/c10-14(11,12)13-7-1-2-8-3-4-9-5-6-9/h8H,1-7H2,(H2,10,11,12). The normalized spacial score (nSPS) is 17.3. The van der Waals surface area contributed by atoms with Crippen LogP contribution in [-0.4, -0.2) is 54.0 Å². The van der Waals surface area contributed by atoms with E-state index in [9.17, 15) is 4.57 Å². The lowest BCUT2D eigenvalue weighted by atomic mass is 10.4. The summed E-state index contributed by atoms with van der Waals surface area (Å²) in [5.41, 5.74) is 0. The number of phosphoric ester groups is 1. The minimum atomic E-state index is -4.26. The van der Waals surface area contributed by atoms with Gasteiger partial charge in [-0.05, 0) is 13.0 Å². The van der Waals surface area contributed by atoms with E-state index >= 15 is 0 Å². The minimum Gasteiger partial charge on any atom is -0.315 e. The Kier molecular flexibility index (Phi) is 5.01. The summed E-state index contributed by atoms with van der Waals surface area (Å²) in [6.07, 6.45) is 0.616. The van der Waals surface area contributed by atoms with E-state index in [1.807, 2.05) is 0 Å². The molecule has 6 nitrogen and oxygen atoms in total. The van der Waals surface area contributed by atoms with Gasteiger partial charge in [0.1, 0.15) is 0 Å². The highest BCUT2D eigenvalue weighted by Crippen LogP contribution is 2.35. The first-order valence-electron chi connectivity index (χ1n) is 4.71. The summed E-state index contributed by atoms with van der Waals surface area (Å²) < 4.78 is 14.5. The van der Waals surface area contributed by atoms with Crippen molar-refractivity contribution in [1.29, 1.82) is 0 Å². The van der Waals surface area contributed by atoms with Gasteiger partial charge in [-0.15, -0.1) is 0 Å². The molecule has 0 spiro atoms. The van der Waals surface area contributed by atoms with Crippen molar-refractivity contribution in [2.75, 3.05) is 39.3 Å². The monoisotopic (exact) mass is 224 g/mol. The molecule has 0 aromatic rings. The second kappa shape index (κ2) is 5.80. The molecular formula is C7H17N2O4P. The van der Waals surface area contributed by atoms with Gasteiger partial charge in [0.05, 0.1) is 6.61 Å². The molecule has 1 aliphatic rings. The summed E-state index contributed by atoms with van der Waals surface area (Å²) in [5, 5.41) is 3.17. The number of hydrogen-bond donors (Lipinski definition) is 3. The SMILES string of the molecule is O=P(O)(O)OCCCNCCN1CC1. The van der Waals surface area contributed by atoms with Crippen LogP contribution < -0.4 is 5.32 Å². The van der Waals surface area contributed by atoms with Crippen LogP contribution in [-0.2, 0) is 9.09 Å². The van der Waals surface area contributed by atoms with E-state index < -0.39 is 7.82 Å². The topological polar surface area (TPSA) is 81.8 Å². The maximum absolute atomic E-state index is 10.3. The minimum absolute atomic E-state index is 0.0982. The van der Waals surface area contributed by atoms with Crippen molar-refractivity contribution in [2.24, 2.45) is 0 Å². The Bertz CT molecular complexity index is 204. The van der Waals surface area contributed by atoms with Gasteiger partial charge in [0.15, 0.2) is 0 Å². The Balaban J connectivity index is 1.77. The van der Waals surface area contributed by atoms with E-state index in [1.54, 1.807) is 0 Å². The van der Waals surface area contributed by atoms with Crippen molar-refractivity contribution in [1.82, 2.24) is 10.2 Å². The van der Waals surface area contributed by atoms with Gasteiger partial charge in [0.25, 0.3) is 0 Å². The number of phosphoric acid groups is 1. The third-order valence-corrected chi connectivity index (χ3v) is 2.42. The lowest BCUT2D eigenvalue weighted by Crippen LogP contribution is -2.23. The van der Waals surface area contributed by atoms with Gasteiger partial charge >= 0.3 is 7.82 Å². The van der Waals surface area contributed by atoms with Gasteiger partial charge in [-0.25, -0.2) is 4.57 Å². The van der Waals surface area contributed by atoms with E-state index in [1.165, 1.54) is 13.1 Å². The van der Waals surface area contributed by atoms with Crippen LogP contribution in [0.1, 0.15) is 6.42 Å². The number of nitrogens with zero attached hydrogens (tertiary/aromatic N) is 1. The number of nitrogens with one attached hydrogen (secondary N) is 1. The molecule has 0 bridgehead atoms. The largest absolute Gasteiger partial charge is 0.469 e. The fourth-order valence-corrected chi connectivity index (χ4v) is 1.40. The van der Waals surface area contributed by atoms with Crippen LogP contribution in [0.15, 0.2) is 0 Å². The van der Waals surface area contributed by atoms with Crippen LogP contribution >= 0.6 is 7.82 Å². The first-order chi connectivity index (χ1) is 6.58. The molecule has 3 N–H and O–H groups in total. The summed E-state index contributed by atoms with van der Waals surface area (Å²) in [6.45, 7) is 5.20. The maximum Gasteiger partial charge on any atom is 0.469 e. The Morgan fingerprint density at radius 2 is 2.07 bits per heavy atom. The highest BCUT2D eigenvalue weighted by Gasteiger charge is 2.15. The summed E-state index contributed by atoms with van der Waals surface area (Å²) in [7, 11) is -4.26. The number of rotatable bonds is 8. The average Bonchev–Trinajstić information content (AvgIpc) is 2.84. The molecule has 0 atom stereocenters. The highest BCUT2D eigenvalue weighted by molar-refractivity contribution is 7.46. The molecule has 1 rings (SSSR count). The fourth-order valence-electron chi connectivity index (χ4n) is 1.04. The van der Waals surface area contributed by atoms with Crippen LogP contribution in [0.3, 0.4) is 0 Å². The molecule has 7 heteroatoms. The smallest absolute Gasteiger partial charge is 0.315 e. The van der Waals surface area contributed by atoms with Crippen molar-refractivity contribution in [2.45, 2.75) is 6.42 Å². The molecule has 84 valence electrons. The van der Waals surface area contributed by atoms with Crippen LogP contribution in [0.2, 0.25) is 0 Å². The Morgan fingerprint density at radius 3 is 2.64 bits per heavy atom. The maximum atomic E-state index is 10.3. The third-order valence-electron chi connectivity index (χ3n) is 1.90. The molecule has 1 saturated heterocycles. The van der Waals surface area contributed by atoms with Crippen molar-refractivity contribution in [3.63, 3.8) is 0 Å². The molecule has 0 radical (unpaired) electrons. The van der Waals surface area contributed by atoms with Crippen molar-refractivity contribution in [3.8, 4) is 0 Å². The second-order valence-electron chi connectivity index (χ2n) is 3.27. The summed E-state index contributed by atoms with van der Waals surface area (Å²) in [5.74, 6) is 0. The van der Waals surface area contributed by atoms with Gasteiger partial charge in [0.2, 0.25) is 0 Å². The van der Waals surface area contributed by atoms with Crippen molar-refractivity contribution in [3.05, 3.63) is 0 Å². The third kappa shape index (κ3) is 7.44. The fraction of sp³-hybridized carbons (Fsp3) is 1.00. The van der Waals surface area contributed by atoms with E-state index in [0.29, 0.717) is 6.42 Å². The van der Waals surface area contributed by atoms with Gasteiger partial charge in [-0.1, -0.05) is 0 Å². The summed E-state index contributed by atoms with van der Waals surface area (Å²) in [4.78, 5) is 19.0. The first kappa shape index (κ1) is 12.1. The van der Waals surface area contributed by atoms with E-state index in [0.717, 1.165) is 19.6 Å². The average molecular weight is 224 g/mol. The Morgan fingerprint density at radius 1 is 1.36 bits per heavy atom. The zero-order chi connectivity index (χ0) is 10.4. The van der Waals surface area contributed by atoms with E-state index in [2.05, 4.69) is 14.7 Å². The lowest BCUT2D eigenvalue weighted by Gasteiger charge is -2.06. The molecule has 1 heterocycles. The molecule has 0 saturated carbocycles. The molecule has 0 aromatic heterocycles. The predicted molar refractivity (Wildman–Crippen MR) is 51.9 cm³/mol.